The number of piperazine rings is 1. The lowest BCUT2D eigenvalue weighted by Gasteiger charge is -2.38. The highest BCUT2D eigenvalue weighted by molar-refractivity contribution is 5.81. The Morgan fingerprint density at radius 1 is 1.00 bits per heavy atom. The molecule has 1 aliphatic rings. The maximum Gasteiger partial charge on any atom is 0.237 e. The van der Waals surface area contributed by atoms with Crippen molar-refractivity contribution in [2.45, 2.75) is 25.6 Å². The predicted molar refractivity (Wildman–Crippen MR) is 120 cm³/mol. The normalized spacial score (nSPS) is 16.0. The van der Waals surface area contributed by atoms with E-state index in [4.69, 9.17) is 9.47 Å². The van der Waals surface area contributed by atoms with Crippen LogP contribution in [-0.2, 0) is 17.9 Å². The molecule has 0 bridgehead atoms. The minimum Gasteiger partial charge on any atom is -0.493 e. The van der Waals surface area contributed by atoms with Crippen molar-refractivity contribution in [3.05, 3.63) is 59.7 Å². The highest BCUT2D eigenvalue weighted by atomic mass is 16.5. The maximum atomic E-state index is 12.9. The summed E-state index contributed by atoms with van der Waals surface area (Å²) in [4.78, 5) is 17.5. The molecule has 1 atom stereocenters. The Hall–Kier alpha value is -2.61. The molecule has 3 rings (SSSR count). The van der Waals surface area contributed by atoms with Gasteiger partial charge in [-0.15, -0.1) is 0 Å². The third kappa shape index (κ3) is 6.43. The van der Waals surface area contributed by atoms with E-state index < -0.39 is 0 Å². The Morgan fingerprint density at radius 2 is 1.71 bits per heavy atom. The van der Waals surface area contributed by atoms with Crippen LogP contribution in [0, 0.1) is 0 Å². The molecule has 2 N–H and O–H groups in total. The zero-order valence-corrected chi connectivity index (χ0v) is 18.4. The van der Waals surface area contributed by atoms with Gasteiger partial charge < -0.3 is 19.9 Å². The summed E-state index contributed by atoms with van der Waals surface area (Å²) in [6.07, 6.45) is 0.427. The van der Waals surface area contributed by atoms with Gasteiger partial charge in [-0.25, -0.2) is 0 Å². The van der Waals surface area contributed by atoms with Gasteiger partial charge in [-0.05, 0) is 29.7 Å². The van der Waals surface area contributed by atoms with Gasteiger partial charge in [0, 0.05) is 45.9 Å². The number of benzene rings is 2. The van der Waals surface area contributed by atoms with E-state index >= 15 is 0 Å². The molecule has 1 fully saturated rings. The number of nitrogens with zero attached hydrogens (tertiary/aromatic N) is 2. The zero-order chi connectivity index (χ0) is 22.1. The zero-order valence-electron chi connectivity index (χ0n) is 18.4. The summed E-state index contributed by atoms with van der Waals surface area (Å²) in [7, 11) is 3.19. The summed E-state index contributed by atoms with van der Waals surface area (Å²) in [5.74, 6) is 1.24. The van der Waals surface area contributed by atoms with E-state index in [1.807, 2.05) is 24.3 Å². The molecule has 2 aromatic carbocycles. The number of hydrogen-bond acceptors (Lipinski definition) is 6. The second-order valence-electron chi connectivity index (χ2n) is 7.73. The number of hydrogen-bond donors (Lipinski definition) is 2. The topological polar surface area (TPSA) is 74.3 Å². The number of ether oxygens (including phenoxy) is 2. The minimum absolute atomic E-state index is 0.0152. The molecule has 0 radical (unpaired) electrons. The number of rotatable bonds is 10. The summed E-state index contributed by atoms with van der Waals surface area (Å²) in [6.45, 7) is 4.72. The monoisotopic (exact) mass is 427 g/mol. The van der Waals surface area contributed by atoms with Crippen LogP contribution in [0.15, 0.2) is 48.5 Å². The van der Waals surface area contributed by atoms with Crippen LogP contribution in [-0.4, -0.2) is 73.9 Å². The Morgan fingerprint density at radius 3 is 2.35 bits per heavy atom. The first-order valence-electron chi connectivity index (χ1n) is 10.7. The molecule has 1 unspecified atom stereocenters. The standard InChI is InChI=1S/C24H33N3O4/c1-30-22-9-8-20(16-23(22)31-2)17-25-24(29)21(10-15-28)27-13-11-26(12-14-27)18-19-6-4-3-5-7-19/h3-9,16,21,28H,10-15,17-18H2,1-2H3,(H,25,29). The molecule has 1 heterocycles. The van der Waals surface area contributed by atoms with Crippen molar-refractivity contribution in [3.63, 3.8) is 0 Å². The van der Waals surface area contributed by atoms with Crippen molar-refractivity contribution >= 4 is 5.91 Å². The van der Waals surface area contributed by atoms with Gasteiger partial charge >= 0.3 is 0 Å². The van der Waals surface area contributed by atoms with Gasteiger partial charge in [0.05, 0.1) is 20.3 Å². The SMILES string of the molecule is COc1ccc(CNC(=O)C(CCO)N2CCN(Cc3ccccc3)CC2)cc1OC. The molecule has 0 aliphatic carbocycles. The van der Waals surface area contributed by atoms with Crippen molar-refractivity contribution in [1.82, 2.24) is 15.1 Å². The Balaban J connectivity index is 1.53. The second kappa shape index (κ2) is 11.7. The largest absolute Gasteiger partial charge is 0.493 e. The first kappa shape index (κ1) is 23.1. The fraction of sp³-hybridized carbons (Fsp3) is 0.458. The molecule has 0 saturated carbocycles. The molecule has 1 aliphatic heterocycles. The van der Waals surface area contributed by atoms with Gasteiger partial charge in [-0.1, -0.05) is 36.4 Å². The molecular weight excluding hydrogens is 394 g/mol. The average Bonchev–Trinajstić information content (AvgIpc) is 2.82. The second-order valence-corrected chi connectivity index (χ2v) is 7.73. The number of aliphatic hydroxyl groups is 1. The molecule has 7 heteroatoms. The molecule has 168 valence electrons. The van der Waals surface area contributed by atoms with E-state index in [-0.39, 0.29) is 18.6 Å². The lowest BCUT2D eigenvalue weighted by molar-refractivity contribution is -0.128. The summed E-state index contributed by atoms with van der Waals surface area (Å²) < 4.78 is 10.6. The Labute approximate surface area is 184 Å². The molecule has 1 saturated heterocycles. The molecule has 1 amide bonds. The quantitative estimate of drug-likeness (QED) is 0.603. The van der Waals surface area contributed by atoms with Crippen molar-refractivity contribution in [3.8, 4) is 11.5 Å². The van der Waals surface area contributed by atoms with E-state index in [1.165, 1.54) is 5.56 Å². The number of aliphatic hydroxyl groups excluding tert-OH is 1. The number of methoxy groups -OCH3 is 2. The molecular formula is C24H33N3O4. The van der Waals surface area contributed by atoms with Gasteiger partial charge in [-0.3, -0.25) is 14.6 Å². The van der Waals surface area contributed by atoms with E-state index in [0.29, 0.717) is 24.5 Å². The summed E-state index contributed by atoms with van der Waals surface area (Å²) >= 11 is 0. The van der Waals surface area contributed by atoms with Gasteiger partial charge in [-0.2, -0.15) is 0 Å². The van der Waals surface area contributed by atoms with Crippen molar-refractivity contribution in [1.29, 1.82) is 0 Å². The number of carbonyl (C=O) groups is 1. The van der Waals surface area contributed by atoms with Crippen molar-refractivity contribution < 1.29 is 19.4 Å². The van der Waals surface area contributed by atoms with E-state index in [2.05, 4.69) is 39.4 Å². The van der Waals surface area contributed by atoms with Gasteiger partial charge in [0.25, 0.3) is 0 Å². The highest BCUT2D eigenvalue weighted by Crippen LogP contribution is 2.27. The summed E-state index contributed by atoms with van der Waals surface area (Å²) in [5.41, 5.74) is 2.23. The van der Waals surface area contributed by atoms with Crippen LogP contribution in [0.1, 0.15) is 17.5 Å². The number of carbonyl (C=O) groups excluding carboxylic acids is 1. The Bertz CT molecular complexity index is 823. The van der Waals surface area contributed by atoms with Crippen molar-refractivity contribution in [2.24, 2.45) is 0 Å². The fourth-order valence-electron chi connectivity index (χ4n) is 3.97. The summed E-state index contributed by atoms with van der Waals surface area (Å²) in [6, 6.07) is 15.7. The minimum atomic E-state index is -0.330. The van der Waals surface area contributed by atoms with Crippen molar-refractivity contribution in [2.75, 3.05) is 47.0 Å². The van der Waals surface area contributed by atoms with Crippen LogP contribution in [0.4, 0.5) is 0 Å². The smallest absolute Gasteiger partial charge is 0.237 e. The van der Waals surface area contributed by atoms with Crippen LogP contribution in [0.2, 0.25) is 0 Å². The van der Waals surface area contributed by atoms with Gasteiger partial charge in [0.15, 0.2) is 11.5 Å². The predicted octanol–water partition coefficient (Wildman–Crippen LogP) is 1.89. The van der Waals surface area contributed by atoms with Gasteiger partial charge in [0.2, 0.25) is 5.91 Å². The van der Waals surface area contributed by atoms with Crippen LogP contribution in [0.5, 0.6) is 11.5 Å². The van der Waals surface area contributed by atoms with E-state index in [0.717, 1.165) is 38.3 Å². The molecule has 31 heavy (non-hydrogen) atoms. The van der Waals surface area contributed by atoms with E-state index in [1.54, 1.807) is 14.2 Å². The van der Waals surface area contributed by atoms with Crippen LogP contribution >= 0.6 is 0 Å². The number of amides is 1. The van der Waals surface area contributed by atoms with Crippen LogP contribution < -0.4 is 14.8 Å². The fourth-order valence-corrected chi connectivity index (χ4v) is 3.97. The molecule has 2 aromatic rings. The molecule has 0 aromatic heterocycles. The van der Waals surface area contributed by atoms with Gasteiger partial charge in [0.1, 0.15) is 0 Å². The third-order valence-corrected chi connectivity index (χ3v) is 5.72. The summed E-state index contributed by atoms with van der Waals surface area (Å²) in [5, 5.41) is 12.5. The number of nitrogens with one attached hydrogen (secondary N) is 1. The third-order valence-electron chi connectivity index (χ3n) is 5.72. The lowest BCUT2D eigenvalue weighted by atomic mass is 10.1. The molecule has 0 spiro atoms. The Kier molecular flexibility index (Phi) is 8.70. The maximum absolute atomic E-state index is 12.9. The lowest BCUT2D eigenvalue weighted by Crippen LogP contribution is -2.54. The highest BCUT2D eigenvalue weighted by Gasteiger charge is 2.28. The van der Waals surface area contributed by atoms with Crippen LogP contribution in [0.25, 0.3) is 0 Å². The van der Waals surface area contributed by atoms with Crippen LogP contribution in [0.3, 0.4) is 0 Å². The molecule has 7 nitrogen and oxygen atoms in total. The average molecular weight is 428 g/mol. The van der Waals surface area contributed by atoms with E-state index in [9.17, 15) is 9.90 Å². The first-order chi connectivity index (χ1) is 15.1. The first-order valence-corrected chi connectivity index (χ1v) is 10.7.